The summed E-state index contributed by atoms with van der Waals surface area (Å²) in [5.41, 5.74) is 0.557. The van der Waals surface area contributed by atoms with Crippen LogP contribution in [0.15, 0.2) is 24.3 Å². The zero-order valence-electron chi connectivity index (χ0n) is 11.8. The lowest BCUT2D eigenvalue weighted by Gasteiger charge is -2.23. The van der Waals surface area contributed by atoms with Crippen molar-refractivity contribution in [1.29, 1.82) is 0 Å². The van der Waals surface area contributed by atoms with Crippen molar-refractivity contribution < 1.29 is 19.1 Å². The number of hydrogen-bond donors (Lipinski definition) is 0. The number of carbonyl (C=O) groups excluding carboxylic acids is 2. The lowest BCUT2D eigenvalue weighted by Crippen LogP contribution is -2.41. The maximum atomic E-state index is 12.4. The molecule has 20 heavy (non-hydrogen) atoms. The Morgan fingerprint density at radius 2 is 2.00 bits per heavy atom. The number of carbonyl (C=O) groups is 2. The Morgan fingerprint density at radius 1 is 1.30 bits per heavy atom. The number of amides is 1. The number of hydrogen-bond acceptors (Lipinski definition) is 4. The Labute approximate surface area is 118 Å². The number of nitrogens with zero attached hydrogens (tertiary/aromatic N) is 1. The Hall–Kier alpha value is -2.04. The molecule has 108 valence electrons. The largest absolute Gasteiger partial charge is 0.497 e. The van der Waals surface area contributed by atoms with Crippen molar-refractivity contribution in [3.63, 3.8) is 0 Å². The molecule has 0 N–H and O–H groups in total. The van der Waals surface area contributed by atoms with E-state index in [1.807, 2.05) is 0 Å². The van der Waals surface area contributed by atoms with E-state index >= 15 is 0 Å². The summed E-state index contributed by atoms with van der Waals surface area (Å²) < 4.78 is 10.1. The van der Waals surface area contributed by atoms with Gasteiger partial charge in [0.1, 0.15) is 11.8 Å². The number of likely N-dealkylation sites (tertiary alicyclic amines) is 1. The Kier molecular flexibility index (Phi) is 4.61. The van der Waals surface area contributed by atoms with Gasteiger partial charge in [-0.2, -0.15) is 0 Å². The monoisotopic (exact) mass is 277 g/mol. The van der Waals surface area contributed by atoms with Crippen LogP contribution in [0.1, 0.15) is 30.1 Å². The minimum Gasteiger partial charge on any atom is -0.497 e. The van der Waals surface area contributed by atoms with Crippen LogP contribution in [0.3, 0.4) is 0 Å². The van der Waals surface area contributed by atoms with Crippen LogP contribution in [0.2, 0.25) is 0 Å². The highest BCUT2D eigenvalue weighted by Gasteiger charge is 2.35. The standard InChI is InChI=1S/C15H19NO4/c1-3-20-15(18)13-5-4-10-16(13)14(17)11-6-8-12(19-2)9-7-11/h6-9,13H,3-5,10H2,1-2H3. The van der Waals surface area contributed by atoms with E-state index in [2.05, 4.69) is 0 Å². The smallest absolute Gasteiger partial charge is 0.328 e. The molecule has 0 radical (unpaired) electrons. The molecule has 0 bridgehead atoms. The van der Waals surface area contributed by atoms with Crippen LogP contribution >= 0.6 is 0 Å². The van der Waals surface area contributed by atoms with Crippen molar-refractivity contribution in [2.75, 3.05) is 20.3 Å². The van der Waals surface area contributed by atoms with Crippen molar-refractivity contribution in [2.24, 2.45) is 0 Å². The fourth-order valence-electron chi connectivity index (χ4n) is 2.39. The van der Waals surface area contributed by atoms with E-state index in [0.717, 1.165) is 6.42 Å². The van der Waals surface area contributed by atoms with Crippen molar-refractivity contribution in [2.45, 2.75) is 25.8 Å². The summed E-state index contributed by atoms with van der Waals surface area (Å²) in [7, 11) is 1.58. The SMILES string of the molecule is CCOC(=O)C1CCCN1C(=O)c1ccc(OC)cc1. The number of ether oxygens (including phenoxy) is 2. The van der Waals surface area contributed by atoms with E-state index in [-0.39, 0.29) is 11.9 Å². The molecule has 0 spiro atoms. The first kappa shape index (κ1) is 14.4. The molecule has 1 fully saturated rings. The second-order valence-corrected chi connectivity index (χ2v) is 4.64. The van der Waals surface area contributed by atoms with Crippen LogP contribution in [0.4, 0.5) is 0 Å². The molecule has 0 aromatic heterocycles. The molecule has 1 atom stereocenters. The van der Waals surface area contributed by atoms with Gasteiger partial charge in [-0.3, -0.25) is 4.79 Å². The molecule has 0 saturated carbocycles. The van der Waals surface area contributed by atoms with Gasteiger partial charge in [0.25, 0.3) is 5.91 Å². The van der Waals surface area contributed by atoms with E-state index in [0.29, 0.717) is 30.9 Å². The molecule has 1 aromatic rings. The average Bonchev–Trinajstić information content (AvgIpc) is 2.96. The molecule has 1 aliphatic heterocycles. The van der Waals surface area contributed by atoms with Gasteiger partial charge in [0.2, 0.25) is 0 Å². The normalized spacial score (nSPS) is 17.9. The molecular formula is C15H19NO4. The van der Waals surface area contributed by atoms with Crippen LogP contribution < -0.4 is 4.74 Å². The van der Waals surface area contributed by atoms with Crippen LogP contribution in [0, 0.1) is 0 Å². The molecule has 2 rings (SSSR count). The molecule has 1 unspecified atom stereocenters. The predicted octanol–water partition coefficient (Wildman–Crippen LogP) is 1.86. The van der Waals surface area contributed by atoms with Crippen LogP contribution in [0.25, 0.3) is 0 Å². The maximum Gasteiger partial charge on any atom is 0.328 e. The lowest BCUT2D eigenvalue weighted by atomic mass is 10.1. The summed E-state index contributed by atoms with van der Waals surface area (Å²) in [5.74, 6) is 0.250. The molecule has 1 amide bonds. The fraction of sp³-hybridized carbons (Fsp3) is 0.467. The van der Waals surface area contributed by atoms with Crippen molar-refractivity contribution in [3.05, 3.63) is 29.8 Å². The van der Waals surface area contributed by atoms with Gasteiger partial charge in [-0.25, -0.2) is 4.79 Å². The van der Waals surface area contributed by atoms with Crippen LogP contribution in [-0.4, -0.2) is 43.1 Å². The third-order valence-corrected chi connectivity index (χ3v) is 3.41. The average molecular weight is 277 g/mol. The van der Waals surface area contributed by atoms with Gasteiger partial charge >= 0.3 is 5.97 Å². The Morgan fingerprint density at radius 3 is 2.60 bits per heavy atom. The van der Waals surface area contributed by atoms with Gasteiger partial charge in [-0.15, -0.1) is 0 Å². The summed E-state index contributed by atoms with van der Waals surface area (Å²) >= 11 is 0. The van der Waals surface area contributed by atoms with Gasteiger partial charge in [-0.05, 0) is 44.0 Å². The molecule has 1 aromatic carbocycles. The van der Waals surface area contributed by atoms with E-state index in [9.17, 15) is 9.59 Å². The zero-order valence-corrected chi connectivity index (χ0v) is 11.8. The summed E-state index contributed by atoms with van der Waals surface area (Å²) in [6.45, 7) is 2.69. The highest BCUT2D eigenvalue weighted by atomic mass is 16.5. The second-order valence-electron chi connectivity index (χ2n) is 4.64. The first-order valence-electron chi connectivity index (χ1n) is 6.79. The zero-order chi connectivity index (χ0) is 14.5. The first-order valence-corrected chi connectivity index (χ1v) is 6.79. The van der Waals surface area contributed by atoms with Gasteiger partial charge in [0.15, 0.2) is 0 Å². The molecule has 1 saturated heterocycles. The number of esters is 1. The third kappa shape index (κ3) is 2.92. The number of benzene rings is 1. The first-order chi connectivity index (χ1) is 9.67. The molecule has 5 heteroatoms. The molecule has 1 aliphatic rings. The molecular weight excluding hydrogens is 258 g/mol. The van der Waals surface area contributed by atoms with Gasteiger partial charge in [0, 0.05) is 12.1 Å². The fourth-order valence-corrected chi connectivity index (χ4v) is 2.39. The minimum atomic E-state index is -0.454. The predicted molar refractivity (Wildman–Crippen MR) is 73.7 cm³/mol. The quantitative estimate of drug-likeness (QED) is 0.788. The highest BCUT2D eigenvalue weighted by molar-refractivity contribution is 5.97. The van der Waals surface area contributed by atoms with Crippen molar-refractivity contribution in [3.8, 4) is 5.75 Å². The van der Waals surface area contributed by atoms with Gasteiger partial charge < -0.3 is 14.4 Å². The summed E-state index contributed by atoms with van der Waals surface area (Å²) in [4.78, 5) is 25.9. The summed E-state index contributed by atoms with van der Waals surface area (Å²) in [6.07, 6.45) is 1.49. The lowest BCUT2D eigenvalue weighted by molar-refractivity contribution is -0.147. The van der Waals surface area contributed by atoms with E-state index < -0.39 is 6.04 Å². The third-order valence-electron chi connectivity index (χ3n) is 3.41. The summed E-state index contributed by atoms with van der Waals surface area (Å²) in [6, 6.07) is 6.44. The van der Waals surface area contributed by atoms with E-state index in [1.165, 1.54) is 0 Å². The highest BCUT2D eigenvalue weighted by Crippen LogP contribution is 2.22. The molecule has 1 heterocycles. The second kappa shape index (κ2) is 6.41. The topological polar surface area (TPSA) is 55.8 Å². The molecule has 0 aliphatic carbocycles. The van der Waals surface area contributed by atoms with Crippen molar-refractivity contribution in [1.82, 2.24) is 4.90 Å². The van der Waals surface area contributed by atoms with E-state index in [1.54, 1.807) is 43.2 Å². The summed E-state index contributed by atoms with van der Waals surface area (Å²) in [5, 5.41) is 0. The maximum absolute atomic E-state index is 12.4. The molecule has 5 nitrogen and oxygen atoms in total. The van der Waals surface area contributed by atoms with Crippen LogP contribution in [-0.2, 0) is 9.53 Å². The van der Waals surface area contributed by atoms with Crippen LogP contribution in [0.5, 0.6) is 5.75 Å². The Balaban J connectivity index is 2.12. The Bertz CT molecular complexity index is 483. The number of methoxy groups -OCH3 is 1. The van der Waals surface area contributed by atoms with E-state index in [4.69, 9.17) is 9.47 Å². The number of rotatable bonds is 4. The van der Waals surface area contributed by atoms with Gasteiger partial charge in [0.05, 0.1) is 13.7 Å². The van der Waals surface area contributed by atoms with Crippen molar-refractivity contribution >= 4 is 11.9 Å². The minimum absolute atomic E-state index is 0.136. The van der Waals surface area contributed by atoms with Gasteiger partial charge in [-0.1, -0.05) is 0 Å².